The number of carbonyl (C=O) groups excluding carboxylic acids is 1. The van der Waals surface area contributed by atoms with Crippen molar-refractivity contribution in [3.8, 4) is 23.0 Å². The fraction of sp³-hybridized carbons (Fsp3) is 0.278. The van der Waals surface area contributed by atoms with Gasteiger partial charge in [0, 0.05) is 51.6 Å². The summed E-state index contributed by atoms with van der Waals surface area (Å²) in [5, 5.41) is 13.0. The van der Waals surface area contributed by atoms with Crippen LogP contribution in [0.3, 0.4) is 0 Å². The van der Waals surface area contributed by atoms with Crippen molar-refractivity contribution in [3.63, 3.8) is 0 Å². The van der Waals surface area contributed by atoms with E-state index < -0.39 is 11.6 Å². The van der Waals surface area contributed by atoms with Gasteiger partial charge < -0.3 is 34.1 Å². The summed E-state index contributed by atoms with van der Waals surface area (Å²) in [6, 6.07) is 23.6. The number of methoxy groups -OCH3 is 3. The number of aliphatic imine (C=N–C) groups is 1. The second-order valence-corrected chi connectivity index (χ2v) is 12.7. The largest absolute Gasteiger partial charge is 0.494 e. The van der Waals surface area contributed by atoms with Gasteiger partial charge in [-0.05, 0) is 71.8 Å². The molecule has 5 rings (SSSR count). The van der Waals surface area contributed by atoms with Gasteiger partial charge in [-0.25, -0.2) is 4.99 Å². The zero-order valence-electron chi connectivity index (χ0n) is 26.6. The first-order valence-corrected chi connectivity index (χ1v) is 16.6. The predicted molar refractivity (Wildman–Crippen MR) is 189 cm³/mol. The van der Waals surface area contributed by atoms with E-state index in [2.05, 4.69) is 21.2 Å². The van der Waals surface area contributed by atoms with Gasteiger partial charge in [0.2, 0.25) is 11.6 Å². The highest BCUT2D eigenvalue weighted by Crippen LogP contribution is 2.45. The second kappa shape index (κ2) is 16.0. The molecule has 0 aromatic heterocycles. The van der Waals surface area contributed by atoms with Crippen LogP contribution in [0.4, 0.5) is 0 Å². The molecule has 1 aliphatic rings. The van der Waals surface area contributed by atoms with E-state index in [-0.39, 0.29) is 31.4 Å². The van der Waals surface area contributed by atoms with Gasteiger partial charge in [-0.2, -0.15) is 0 Å². The van der Waals surface area contributed by atoms with Crippen molar-refractivity contribution in [2.45, 2.75) is 31.0 Å². The van der Waals surface area contributed by atoms with Gasteiger partial charge in [-0.3, -0.25) is 4.79 Å². The van der Waals surface area contributed by atoms with Crippen LogP contribution in [0.1, 0.15) is 34.8 Å². The van der Waals surface area contributed by atoms with E-state index in [1.807, 2.05) is 36.4 Å². The van der Waals surface area contributed by atoms with Gasteiger partial charge in [0.05, 0.1) is 27.9 Å². The Morgan fingerprint density at radius 1 is 0.938 bits per heavy atom. The topological polar surface area (TPSA) is 108 Å². The van der Waals surface area contributed by atoms with Crippen molar-refractivity contribution in [1.82, 2.24) is 5.32 Å². The number of aliphatic hydroxyl groups excluding tert-OH is 1. The molecule has 1 heterocycles. The molecule has 0 unspecified atom stereocenters. The van der Waals surface area contributed by atoms with Crippen molar-refractivity contribution in [3.05, 3.63) is 116 Å². The molecule has 0 bridgehead atoms. The minimum absolute atomic E-state index is 0.0411. The van der Waals surface area contributed by atoms with Crippen molar-refractivity contribution < 1.29 is 33.6 Å². The molecule has 0 fully saturated rings. The second-order valence-electron chi connectivity index (χ2n) is 11.0. The van der Waals surface area contributed by atoms with Crippen LogP contribution in [0.2, 0.25) is 10.0 Å². The van der Waals surface area contributed by atoms with E-state index in [1.54, 1.807) is 42.5 Å². The summed E-state index contributed by atoms with van der Waals surface area (Å²) in [5.74, 6) is 1.89. The number of benzene rings is 4. The summed E-state index contributed by atoms with van der Waals surface area (Å²) in [4.78, 5) is 19.8. The van der Waals surface area contributed by atoms with E-state index in [4.69, 9.17) is 57.0 Å². The standard InChI is InChI=1S/C36H35BrCl2N2O7/c1-44-30-17-23(18-31(45-2)32(30)46-3)21-40-35(43)36(20-22-5-9-25(37)10-6-22)33(28-14-11-26(38)19-29(28)39)48-34(41-36)24-7-12-27(13-8-24)47-16-4-15-42/h5-14,17-19,33,42H,4,15-16,20-21H2,1-3H3,(H,40,43)/t33-,36-/m1/s1. The van der Waals surface area contributed by atoms with Gasteiger partial charge >= 0.3 is 0 Å². The molecule has 12 heteroatoms. The van der Waals surface area contributed by atoms with Crippen LogP contribution < -0.4 is 24.3 Å². The summed E-state index contributed by atoms with van der Waals surface area (Å²) >= 11 is 16.6. The third-order valence-corrected chi connectivity index (χ3v) is 8.93. The lowest BCUT2D eigenvalue weighted by molar-refractivity contribution is -0.129. The van der Waals surface area contributed by atoms with Crippen LogP contribution in [0.15, 0.2) is 88.3 Å². The average Bonchev–Trinajstić information content (AvgIpc) is 3.47. The number of rotatable bonds is 14. The summed E-state index contributed by atoms with van der Waals surface area (Å²) in [6.07, 6.45) is -0.205. The minimum atomic E-state index is -1.49. The predicted octanol–water partition coefficient (Wildman–Crippen LogP) is 7.36. The van der Waals surface area contributed by atoms with Crippen molar-refractivity contribution in [2.24, 2.45) is 4.99 Å². The highest BCUT2D eigenvalue weighted by molar-refractivity contribution is 9.10. The number of hydrogen-bond donors (Lipinski definition) is 2. The van der Waals surface area contributed by atoms with E-state index in [0.717, 1.165) is 15.6 Å². The normalized spacial score (nSPS) is 16.9. The zero-order valence-corrected chi connectivity index (χ0v) is 29.7. The number of nitrogens with zero attached hydrogens (tertiary/aromatic N) is 1. The SMILES string of the molecule is COc1cc(CNC(=O)[C@]2(Cc3ccc(Br)cc3)N=C(c3ccc(OCCCO)cc3)O[C@@H]2c2ccc(Cl)cc2Cl)cc(OC)c1OC. The molecule has 0 saturated heterocycles. The molecule has 2 N–H and O–H groups in total. The fourth-order valence-corrected chi connectivity index (χ4v) is 6.23. The van der Waals surface area contributed by atoms with Crippen molar-refractivity contribution in [1.29, 1.82) is 0 Å². The van der Waals surface area contributed by atoms with E-state index in [0.29, 0.717) is 57.2 Å². The first-order chi connectivity index (χ1) is 23.2. The van der Waals surface area contributed by atoms with Crippen LogP contribution in [0.25, 0.3) is 0 Å². The molecule has 1 amide bonds. The van der Waals surface area contributed by atoms with Gasteiger partial charge in [-0.15, -0.1) is 0 Å². The quantitative estimate of drug-likeness (QED) is 0.130. The first-order valence-electron chi connectivity index (χ1n) is 15.1. The van der Waals surface area contributed by atoms with Crippen LogP contribution in [-0.2, 0) is 22.5 Å². The fourth-order valence-electron chi connectivity index (χ4n) is 5.46. The molecule has 1 aliphatic heterocycles. The number of halogens is 3. The lowest BCUT2D eigenvalue weighted by atomic mass is 9.82. The Hall–Kier alpha value is -3.96. The maximum absolute atomic E-state index is 14.7. The smallest absolute Gasteiger partial charge is 0.252 e. The Morgan fingerprint density at radius 2 is 1.62 bits per heavy atom. The molecule has 4 aromatic rings. The molecular weight excluding hydrogens is 723 g/mol. The molecule has 4 aromatic carbocycles. The Balaban J connectivity index is 1.58. The molecule has 2 atom stereocenters. The highest BCUT2D eigenvalue weighted by atomic mass is 79.9. The van der Waals surface area contributed by atoms with Crippen LogP contribution in [0.5, 0.6) is 23.0 Å². The number of amides is 1. The Bertz CT molecular complexity index is 1740. The molecular formula is C36H35BrCl2N2O7. The van der Waals surface area contributed by atoms with E-state index in [9.17, 15) is 4.79 Å². The van der Waals surface area contributed by atoms with Crippen LogP contribution in [-0.4, -0.2) is 57.0 Å². The van der Waals surface area contributed by atoms with Gasteiger partial charge in [0.15, 0.2) is 23.1 Å². The molecule has 252 valence electrons. The third kappa shape index (κ3) is 7.84. The van der Waals surface area contributed by atoms with Gasteiger partial charge in [0.1, 0.15) is 5.75 Å². The highest BCUT2D eigenvalue weighted by Gasteiger charge is 2.54. The number of hydrogen-bond acceptors (Lipinski definition) is 8. The maximum atomic E-state index is 14.7. The molecule has 0 spiro atoms. The first kappa shape index (κ1) is 35.3. The van der Waals surface area contributed by atoms with Crippen LogP contribution >= 0.6 is 39.1 Å². The molecule has 0 radical (unpaired) electrons. The Morgan fingerprint density at radius 3 is 2.23 bits per heavy atom. The summed E-state index contributed by atoms with van der Waals surface area (Å²) in [6.45, 7) is 0.551. The zero-order chi connectivity index (χ0) is 34.3. The Kier molecular flexibility index (Phi) is 11.8. The lowest BCUT2D eigenvalue weighted by Gasteiger charge is -2.31. The van der Waals surface area contributed by atoms with Crippen molar-refractivity contribution >= 4 is 50.9 Å². The van der Waals surface area contributed by atoms with Crippen LogP contribution in [0, 0.1) is 0 Å². The number of aliphatic hydroxyl groups is 1. The van der Waals surface area contributed by atoms with Gasteiger partial charge in [0.25, 0.3) is 5.91 Å². The molecule has 0 saturated carbocycles. The number of ether oxygens (including phenoxy) is 5. The maximum Gasteiger partial charge on any atom is 0.252 e. The molecule has 0 aliphatic carbocycles. The van der Waals surface area contributed by atoms with E-state index in [1.165, 1.54) is 21.3 Å². The summed E-state index contributed by atoms with van der Waals surface area (Å²) < 4.78 is 29.7. The number of nitrogens with one attached hydrogen (secondary N) is 1. The van der Waals surface area contributed by atoms with Crippen molar-refractivity contribution in [2.75, 3.05) is 34.5 Å². The van der Waals surface area contributed by atoms with E-state index >= 15 is 0 Å². The average molecular weight is 758 g/mol. The third-order valence-electron chi connectivity index (χ3n) is 7.84. The monoisotopic (exact) mass is 756 g/mol. The molecule has 48 heavy (non-hydrogen) atoms. The molecule has 9 nitrogen and oxygen atoms in total. The lowest BCUT2D eigenvalue weighted by Crippen LogP contribution is -2.49. The summed E-state index contributed by atoms with van der Waals surface area (Å²) in [7, 11) is 4.60. The summed E-state index contributed by atoms with van der Waals surface area (Å²) in [5.41, 5.74) is 1.30. The minimum Gasteiger partial charge on any atom is -0.494 e. The van der Waals surface area contributed by atoms with Gasteiger partial charge in [-0.1, -0.05) is 57.3 Å². The Labute approximate surface area is 297 Å². The number of carbonyl (C=O) groups is 1.